The van der Waals surface area contributed by atoms with E-state index in [4.69, 9.17) is 10.1 Å². The molecule has 0 aliphatic carbocycles. The maximum Gasteiger partial charge on any atom is 0.103 e. The first-order chi connectivity index (χ1) is 8.58. The number of halogens is 1. The number of rotatable bonds is 4. The fourth-order valence-electron chi connectivity index (χ4n) is 2.34. The summed E-state index contributed by atoms with van der Waals surface area (Å²) in [5, 5.41) is 11.4. The second-order valence-electron chi connectivity index (χ2n) is 4.88. The maximum absolute atomic E-state index is 7.86. The standard InChI is InChI=1S/C13H20BrN3O/c1-9(2)17-5-3-12(11(7-17)13(14)15)16-10-4-6-18-8-10/h10,15-16H,1,3-8H2,2H3. The number of ether oxygens (including phenoxy) is 1. The molecule has 2 rings (SSSR count). The van der Waals surface area contributed by atoms with Gasteiger partial charge in [0.05, 0.1) is 12.6 Å². The quantitative estimate of drug-likeness (QED) is 0.782. The van der Waals surface area contributed by atoms with Gasteiger partial charge in [0.15, 0.2) is 0 Å². The number of hydrogen-bond donors (Lipinski definition) is 2. The molecule has 0 bridgehead atoms. The summed E-state index contributed by atoms with van der Waals surface area (Å²) in [6, 6.07) is 0.401. The van der Waals surface area contributed by atoms with E-state index in [-0.39, 0.29) is 0 Å². The fourth-order valence-corrected chi connectivity index (χ4v) is 2.71. The Labute approximate surface area is 117 Å². The molecule has 0 amide bonds. The summed E-state index contributed by atoms with van der Waals surface area (Å²) in [6.45, 7) is 9.33. The molecule has 100 valence electrons. The zero-order chi connectivity index (χ0) is 13.1. The maximum atomic E-state index is 7.86. The van der Waals surface area contributed by atoms with Gasteiger partial charge in [0.2, 0.25) is 0 Å². The average Bonchev–Trinajstić information content (AvgIpc) is 2.81. The summed E-state index contributed by atoms with van der Waals surface area (Å²) < 4.78 is 5.85. The zero-order valence-corrected chi connectivity index (χ0v) is 12.3. The number of allylic oxidation sites excluding steroid dienone is 1. The molecule has 2 heterocycles. The fraction of sp³-hybridized carbons (Fsp3) is 0.615. The molecule has 0 aromatic rings. The summed E-state index contributed by atoms with van der Waals surface area (Å²) in [4.78, 5) is 2.21. The van der Waals surface area contributed by atoms with Gasteiger partial charge >= 0.3 is 0 Å². The molecular formula is C13H20BrN3O. The van der Waals surface area contributed by atoms with Crippen molar-refractivity contribution in [3.63, 3.8) is 0 Å². The Balaban J connectivity index is 2.10. The summed E-state index contributed by atoms with van der Waals surface area (Å²) in [7, 11) is 0. The van der Waals surface area contributed by atoms with E-state index in [1.165, 1.54) is 5.70 Å². The SMILES string of the molecule is C=C(C)N1CCC(NC2CCOC2)=C(C(=N)Br)C1. The molecule has 0 saturated carbocycles. The molecule has 5 heteroatoms. The van der Waals surface area contributed by atoms with Crippen LogP contribution in [0.2, 0.25) is 0 Å². The molecule has 1 fully saturated rings. The summed E-state index contributed by atoms with van der Waals surface area (Å²) in [6.07, 6.45) is 1.99. The molecule has 2 aliphatic rings. The first kappa shape index (κ1) is 13.6. The van der Waals surface area contributed by atoms with E-state index >= 15 is 0 Å². The highest BCUT2D eigenvalue weighted by molar-refractivity contribution is 9.18. The van der Waals surface area contributed by atoms with Crippen LogP contribution in [0, 0.1) is 5.41 Å². The van der Waals surface area contributed by atoms with Crippen LogP contribution in [0.15, 0.2) is 23.5 Å². The zero-order valence-electron chi connectivity index (χ0n) is 10.8. The molecule has 0 aromatic carbocycles. The van der Waals surface area contributed by atoms with Gasteiger partial charge < -0.3 is 15.0 Å². The van der Waals surface area contributed by atoms with Crippen LogP contribution in [0.3, 0.4) is 0 Å². The van der Waals surface area contributed by atoms with Crippen LogP contribution in [-0.2, 0) is 4.74 Å². The molecule has 0 aromatic heterocycles. The van der Waals surface area contributed by atoms with E-state index in [1.807, 2.05) is 6.92 Å². The van der Waals surface area contributed by atoms with Gasteiger partial charge in [-0.05, 0) is 29.3 Å². The van der Waals surface area contributed by atoms with E-state index < -0.39 is 0 Å². The van der Waals surface area contributed by atoms with Crippen LogP contribution in [0.4, 0.5) is 0 Å². The predicted octanol–water partition coefficient (Wildman–Crippen LogP) is 2.23. The molecule has 1 unspecified atom stereocenters. The van der Waals surface area contributed by atoms with E-state index in [0.29, 0.717) is 10.7 Å². The third-order valence-corrected chi connectivity index (χ3v) is 3.94. The molecule has 0 radical (unpaired) electrons. The van der Waals surface area contributed by atoms with Gasteiger partial charge in [-0.2, -0.15) is 0 Å². The normalized spacial score (nSPS) is 24.3. The van der Waals surface area contributed by atoms with Gasteiger partial charge in [-0.15, -0.1) is 0 Å². The second-order valence-corrected chi connectivity index (χ2v) is 5.68. The van der Waals surface area contributed by atoms with Crippen molar-refractivity contribution < 1.29 is 4.74 Å². The summed E-state index contributed by atoms with van der Waals surface area (Å²) >= 11 is 3.30. The Hall–Kier alpha value is -0.810. The van der Waals surface area contributed by atoms with Crippen LogP contribution >= 0.6 is 15.9 Å². The van der Waals surface area contributed by atoms with Crippen LogP contribution in [0.25, 0.3) is 0 Å². The predicted molar refractivity (Wildman–Crippen MR) is 77.0 cm³/mol. The van der Waals surface area contributed by atoms with Gasteiger partial charge in [0.1, 0.15) is 4.62 Å². The lowest BCUT2D eigenvalue weighted by Crippen LogP contribution is -2.38. The van der Waals surface area contributed by atoms with Crippen LogP contribution < -0.4 is 5.32 Å². The lowest BCUT2D eigenvalue weighted by molar-refractivity contribution is 0.191. The van der Waals surface area contributed by atoms with Crippen molar-refractivity contribution in [1.82, 2.24) is 10.2 Å². The minimum atomic E-state index is 0.401. The molecule has 0 spiro atoms. The van der Waals surface area contributed by atoms with Gasteiger partial charge in [-0.3, -0.25) is 5.41 Å². The number of hydrogen-bond acceptors (Lipinski definition) is 4. The smallest absolute Gasteiger partial charge is 0.103 e. The van der Waals surface area contributed by atoms with Crippen molar-refractivity contribution in [2.75, 3.05) is 26.3 Å². The van der Waals surface area contributed by atoms with E-state index in [9.17, 15) is 0 Å². The second kappa shape index (κ2) is 5.89. The third kappa shape index (κ3) is 3.14. The third-order valence-electron chi connectivity index (χ3n) is 3.46. The van der Waals surface area contributed by atoms with E-state index in [2.05, 4.69) is 32.7 Å². The highest BCUT2D eigenvalue weighted by Crippen LogP contribution is 2.22. The molecule has 1 atom stereocenters. The van der Waals surface area contributed by atoms with Crippen LogP contribution in [-0.4, -0.2) is 41.9 Å². The van der Waals surface area contributed by atoms with Crippen molar-refractivity contribution >= 4 is 20.6 Å². The first-order valence-electron chi connectivity index (χ1n) is 6.29. The first-order valence-corrected chi connectivity index (χ1v) is 7.08. The van der Waals surface area contributed by atoms with Crippen molar-refractivity contribution in [2.45, 2.75) is 25.8 Å². The highest BCUT2D eigenvalue weighted by Gasteiger charge is 2.24. The Morgan fingerprint density at radius 3 is 2.94 bits per heavy atom. The van der Waals surface area contributed by atoms with Gasteiger partial charge in [0.25, 0.3) is 0 Å². The van der Waals surface area contributed by atoms with Gasteiger partial charge in [0, 0.05) is 43.1 Å². The van der Waals surface area contributed by atoms with Crippen molar-refractivity contribution in [3.05, 3.63) is 23.5 Å². The molecule has 2 aliphatic heterocycles. The monoisotopic (exact) mass is 313 g/mol. The van der Waals surface area contributed by atoms with Crippen LogP contribution in [0.5, 0.6) is 0 Å². The number of nitrogens with one attached hydrogen (secondary N) is 2. The molecule has 18 heavy (non-hydrogen) atoms. The molecule has 2 N–H and O–H groups in total. The molecule has 4 nitrogen and oxygen atoms in total. The summed E-state index contributed by atoms with van der Waals surface area (Å²) in [5.74, 6) is 0. The highest BCUT2D eigenvalue weighted by atomic mass is 79.9. The minimum absolute atomic E-state index is 0.401. The van der Waals surface area contributed by atoms with E-state index in [0.717, 1.165) is 50.4 Å². The number of nitrogens with zero attached hydrogens (tertiary/aromatic N) is 1. The lowest BCUT2D eigenvalue weighted by Gasteiger charge is -2.33. The Kier molecular flexibility index (Phi) is 4.45. The van der Waals surface area contributed by atoms with Crippen molar-refractivity contribution in [1.29, 1.82) is 5.41 Å². The Morgan fingerprint density at radius 1 is 1.61 bits per heavy atom. The van der Waals surface area contributed by atoms with Crippen molar-refractivity contribution in [3.8, 4) is 0 Å². The molecular weight excluding hydrogens is 294 g/mol. The van der Waals surface area contributed by atoms with Gasteiger partial charge in [-0.25, -0.2) is 0 Å². The van der Waals surface area contributed by atoms with Gasteiger partial charge in [-0.1, -0.05) is 6.58 Å². The minimum Gasteiger partial charge on any atom is -0.383 e. The van der Waals surface area contributed by atoms with Crippen LogP contribution in [0.1, 0.15) is 19.8 Å². The topological polar surface area (TPSA) is 48.4 Å². The summed E-state index contributed by atoms with van der Waals surface area (Å²) in [5.41, 5.74) is 3.28. The molecule has 1 saturated heterocycles. The van der Waals surface area contributed by atoms with Crippen molar-refractivity contribution in [2.24, 2.45) is 0 Å². The largest absolute Gasteiger partial charge is 0.383 e. The van der Waals surface area contributed by atoms with E-state index in [1.54, 1.807) is 0 Å². The Morgan fingerprint density at radius 2 is 2.39 bits per heavy atom. The average molecular weight is 314 g/mol. The Bertz CT molecular complexity index is 386. The lowest BCUT2D eigenvalue weighted by atomic mass is 10.0.